The Balaban J connectivity index is 1.59. The van der Waals surface area contributed by atoms with Gasteiger partial charge in [0, 0.05) is 77.7 Å². The molecule has 0 spiro atoms. The predicted molar refractivity (Wildman–Crippen MR) is 324 cm³/mol. The van der Waals surface area contributed by atoms with Crippen LogP contribution in [0, 0.1) is 23.7 Å². The van der Waals surface area contributed by atoms with E-state index in [9.17, 15) is 28.8 Å². The van der Waals surface area contributed by atoms with Gasteiger partial charge in [0.2, 0.25) is 0 Å². The lowest BCUT2D eigenvalue weighted by Crippen LogP contribution is -2.55. The minimum atomic E-state index is -1.54. The Kier molecular flexibility index (Phi) is 25.9. The number of amides is 4. The van der Waals surface area contributed by atoms with Gasteiger partial charge in [-0.25, -0.2) is 39.1 Å². The first-order chi connectivity index (χ1) is 40.6. The van der Waals surface area contributed by atoms with E-state index < -0.39 is 96.1 Å². The van der Waals surface area contributed by atoms with Crippen LogP contribution in [0.25, 0.3) is 0 Å². The molecule has 20 nitrogen and oxygen atoms in total. The highest BCUT2D eigenvalue weighted by atomic mass is 16.6. The maximum atomic E-state index is 15.1. The molecule has 468 valence electrons. The normalized spacial score (nSPS) is 22.4. The molecule has 2 aromatic carbocycles. The molecule has 5 rings (SSSR count). The van der Waals surface area contributed by atoms with Crippen molar-refractivity contribution in [3.8, 4) is 0 Å². The van der Waals surface area contributed by atoms with Gasteiger partial charge in [-0.05, 0) is 109 Å². The van der Waals surface area contributed by atoms with E-state index >= 15 is 9.59 Å². The monoisotopic (exact) mass is 1190 g/mol. The molecular formula is C66H92N8O12. The molecule has 0 N–H and O–H groups in total. The fraction of sp³-hybridized carbons (Fsp3) is 0.576. The van der Waals surface area contributed by atoms with Gasteiger partial charge in [0.25, 0.3) is 23.6 Å². The number of esters is 4. The Morgan fingerprint density at radius 2 is 0.674 bits per heavy atom. The molecule has 8 atom stereocenters. The molecule has 4 aromatic rings. The number of aromatic nitrogens is 4. The summed E-state index contributed by atoms with van der Waals surface area (Å²) in [4.78, 5) is 140. The highest BCUT2D eigenvalue weighted by molar-refractivity contribution is 5.94. The Morgan fingerprint density at radius 1 is 0.407 bits per heavy atom. The number of nitrogens with zero attached hydrogens (tertiary/aromatic N) is 8. The fourth-order valence-corrected chi connectivity index (χ4v) is 10.6. The highest BCUT2D eigenvalue weighted by Gasteiger charge is 2.43. The molecular weight excluding hydrogens is 1100 g/mol. The van der Waals surface area contributed by atoms with E-state index in [0.717, 1.165) is 66.1 Å². The molecule has 0 saturated carbocycles. The van der Waals surface area contributed by atoms with Crippen molar-refractivity contribution in [2.75, 3.05) is 28.2 Å². The number of rotatable bonds is 18. The number of benzene rings is 2. The predicted octanol–water partition coefficient (Wildman–Crippen LogP) is 7.55. The maximum Gasteiger partial charge on any atom is 0.329 e. The molecule has 1 aliphatic heterocycles. The first-order valence-electron chi connectivity index (χ1n) is 30.2. The number of likely N-dealkylation sites (N-methyl/N-ethyl adjacent to an activating group) is 4. The van der Waals surface area contributed by atoms with Gasteiger partial charge in [-0.15, -0.1) is 0 Å². The average Bonchev–Trinajstić information content (AvgIpc) is 3.47. The van der Waals surface area contributed by atoms with Gasteiger partial charge in [0.05, 0.1) is 0 Å². The Labute approximate surface area is 508 Å². The van der Waals surface area contributed by atoms with Crippen LogP contribution in [0.3, 0.4) is 0 Å². The molecule has 0 bridgehead atoms. The number of carbonyl (C=O) groups excluding carboxylic acids is 8. The van der Waals surface area contributed by atoms with Crippen LogP contribution in [0.2, 0.25) is 0 Å². The lowest BCUT2D eigenvalue weighted by molar-refractivity contribution is -0.176. The SMILES string of the molecule is CCc1ncncc1Cc1ccc(C[C@H]2OC(=O)[C@H](CC(C)C)N(C)C(=O)[C@@H](C)OC(=O)[C@H](CC(C)C)N(C)C(=O)[C@@H](Cc3ccc(Cc4cncnc4CC)cc3)OC(=O)[C@H](CC(C)C)N(C)C(=O)[C@@H](C)OC(=O)[C@H](CC(C)C)N(C)C2=O)cc1. The van der Waals surface area contributed by atoms with E-state index in [0.29, 0.717) is 24.0 Å². The van der Waals surface area contributed by atoms with Crippen LogP contribution in [-0.2, 0) is 95.8 Å². The summed E-state index contributed by atoms with van der Waals surface area (Å²) in [7, 11) is 5.59. The lowest BCUT2D eigenvalue weighted by atomic mass is 9.98. The average molecular weight is 1190 g/mol. The molecule has 2 aromatic heterocycles. The third-order valence-electron chi connectivity index (χ3n) is 15.6. The summed E-state index contributed by atoms with van der Waals surface area (Å²) in [6.45, 7) is 21.6. The summed E-state index contributed by atoms with van der Waals surface area (Å²) < 4.78 is 24.4. The van der Waals surface area contributed by atoms with E-state index in [2.05, 4.69) is 19.9 Å². The van der Waals surface area contributed by atoms with Crippen LogP contribution >= 0.6 is 0 Å². The number of carbonyl (C=O) groups is 8. The summed E-state index contributed by atoms with van der Waals surface area (Å²) in [5, 5.41) is 0. The maximum absolute atomic E-state index is 15.1. The highest BCUT2D eigenvalue weighted by Crippen LogP contribution is 2.26. The first-order valence-corrected chi connectivity index (χ1v) is 30.2. The third kappa shape index (κ3) is 19.2. The molecule has 86 heavy (non-hydrogen) atoms. The van der Waals surface area contributed by atoms with Gasteiger partial charge in [-0.3, -0.25) is 19.2 Å². The van der Waals surface area contributed by atoms with Crippen molar-refractivity contribution < 1.29 is 57.3 Å². The van der Waals surface area contributed by atoms with Crippen molar-refractivity contribution in [1.29, 1.82) is 0 Å². The van der Waals surface area contributed by atoms with Crippen molar-refractivity contribution in [2.45, 2.75) is 196 Å². The third-order valence-corrected chi connectivity index (χ3v) is 15.6. The van der Waals surface area contributed by atoms with E-state index in [-0.39, 0.29) is 62.2 Å². The molecule has 20 heteroatoms. The van der Waals surface area contributed by atoms with E-state index in [4.69, 9.17) is 18.9 Å². The van der Waals surface area contributed by atoms with Crippen LogP contribution in [0.5, 0.6) is 0 Å². The van der Waals surface area contributed by atoms with Crippen molar-refractivity contribution in [3.05, 3.63) is 118 Å². The van der Waals surface area contributed by atoms with Gasteiger partial charge in [-0.2, -0.15) is 0 Å². The Hall–Kier alpha value is -7.64. The van der Waals surface area contributed by atoms with Crippen LogP contribution < -0.4 is 0 Å². The zero-order chi connectivity index (χ0) is 63.7. The zero-order valence-electron chi connectivity index (χ0n) is 53.4. The smallest absolute Gasteiger partial charge is 0.329 e. The minimum absolute atomic E-state index is 0.0780. The topological polar surface area (TPSA) is 238 Å². The van der Waals surface area contributed by atoms with Gasteiger partial charge >= 0.3 is 23.9 Å². The second-order valence-corrected chi connectivity index (χ2v) is 24.5. The number of cyclic esters (lactones) is 4. The molecule has 1 saturated heterocycles. The minimum Gasteiger partial charge on any atom is -0.451 e. The number of hydrogen-bond acceptors (Lipinski definition) is 16. The first kappa shape index (κ1) is 69.1. The van der Waals surface area contributed by atoms with Crippen molar-refractivity contribution in [1.82, 2.24) is 39.5 Å². The Morgan fingerprint density at radius 3 is 0.953 bits per heavy atom. The molecule has 1 fully saturated rings. The van der Waals surface area contributed by atoms with Gasteiger partial charge in [-0.1, -0.05) is 118 Å². The second-order valence-electron chi connectivity index (χ2n) is 24.5. The van der Waals surface area contributed by atoms with Crippen LogP contribution in [-0.4, -0.2) is 164 Å². The summed E-state index contributed by atoms with van der Waals surface area (Å²) >= 11 is 0. The molecule has 0 aliphatic carbocycles. The van der Waals surface area contributed by atoms with Gasteiger partial charge in [0.15, 0.2) is 24.4 Å². The van der Waals surface area contributed by atoms with Crippen molar-refractivity contribution >= 4 is 47.5 Å². The number of hydrogen-bond donors (Lipinski definition) is 0. The largest absolute Gasteiger partial charge is 0.451 e. The Bertz CT molecular complexity index is 2740. The number of aryl methyl sites for hydroxylation is 2. The standard InChI is InChI=1S/C66H92N8O12/c1-17-51-49(35-67-37-69-51)31-45-19-23-47(24-20-45)33-57-61(77)73(15)53(27-39(3)4)63(79)83-44(12)60(76)72(14)56(30-42(9)10)66(82)86-58(34-48-25-21-46(22-26-48)32-50-36-68-38-70-52(50)18-2)62(78)74(16)54(28-40(5)6)64(80)84-43(11)59(75)71(13)55(29-41(7)8)65(81)85-57/h19-26,35-44,53-58H,17-18,27-34H2,1-16H3/t43-,44-,53+,54+,55+,56+,57-,58-/m1/s1. The molecule has 4 amide bonds. The summed E-state index contributed by atoms with van der Waals surface area (Å²) in [5.74, 6) is -7.47. The zero-order valence-corrected chi connectivity index (χ0v) is 53.4. The van der Waals surface area contributed by atoms with Crippen LogP contribution in [0.15, 0.2) is 73.6 Å². The summed E-state index contributed by atoms with van der Waals surface area (Å²) in [6.07, 6.45) is 3.09. The van der Waals surface area contributed by atoms with E-state index in [1.54, 1.807) is 12.4 Å². The summed E-state index contributed by atoms with van der Waals surface area (Å²) in [5.41, 5.74) is 6.88. The molecule has 0 unspecified atom stereocenters. The van der Waals surface area contributed by atoms with Gasteiger partial charge in [0.1, 0.15) is 36.8 Å². The van der Waals surface area contributed by atoms with Crippen LogP contribution in [0.1, 0.15) is 154 Å². The van der Waals surface area contributed by atoms with E-state index in [1.165, 1.54) is 54.7 Å². The molecule has 3 heterocycles. The molecule has 1 aliphatic rings. The van der Waals surface area contributed by atoms with Crippen molar-refractivity contribution in [2.24, 2.45) is 23.7 Å². The molecule has 0 radical (unpaired) electrons. The van der Waals surface area contributed by atoms with Gasteiger partial charge < -0.3 is 38.5 Å². The van der Waals surface area contributed by atoms with E-state index in [1.807, 2.05) is 118 Å². The second kappa shape index (κ2) is 32.2. The lowest BCUT2D eigenvalue weighted by Gasteiger charge is -2.35. The fourth-order valence-electron chi connectivity index (χ4n) is 10.6. The van der Waals surface area contributed by atoms with Crippen molar-refractivity contribution in [3.63, 3.8) is 0 Å². The quantitative estimate of drug-likeness (QED) is 0.0690. The van der Waals surface area contributed by atoms with Crippen LogP contribution in [0.4, 0.5) is 0 Å². The number of ether oxygens (including phenoxy) is 4. The summed E-state index contributed by atoms with van der Waals surface area (Å²) in [6, 6.07) is 9.72.